The molecule has 0 aliphatic carbocycles. The number of aliphatic carboxylic acids is 1. The molecule has 0 fully saturated rings. The number of carboxylic acid groups (broad SMARTS) is 1. The van der Waals surface area contributed by atoms with Crippen LogP contribution in [0.25, 0.3) is 22.3 Å². The third-order valence-corrected chi connectivity index (χ3v) is 3.54. The second kappa shape index (κ2) is 6.79. The predicted molar refractivity (Wildman–Crippen MR) is 90.4 cm³/mol. The number of benzene rings is 3. The lowest BCUT2D eigenvalue weighted by Crippen LogP contribution is -2.09. The molecule has 3 heteroatoms. The minimum absolute atomic E-state index is 0.357. The second-order valence-electron chi connectivity index (χ2n) is 5.09. The lowest BCUT2D eigenvalue weighted by atomic mass is 9.94. The van der Waals surface area contributed by atoms with E-state index in [1.807, 2.05) is 54.6 Å². The maximum atomic E-state index is 10.8. The van der Waals surface area contributed by atoms with Gasteiger partial charge >= 0.3 is 5.97 Å². The van der Waals surface area contributed by atoms with Gasteiger partial charge in [0.25, 0.3) is 0 Å². The van der Waals surface area contributed by atoms with Crippen molar-refractivity contribution < 1.29 is 14.6 Å². The van der Waals surface area contributed by atoms with Gasteiger partial charge in [-0.15, -0.1) is 0 Å². The van der Waals surface area contributed by atoms with Crippen LogP contribution >= 0.6 is 0 Å². The Bertz CT molecular complexity index is 810. The van der Waals surface area contributed by atoms with Crippen LogP contribution in [0.15, 0.2) is 78.9 Å². The Balaban J connectivity index is 2.08. The first-order chi connectivity index (χ1) is 11.3. The SMILES string of the molecule is O=C(O)COc1ccccc1-c1ccccc1-c1ccccc1. The van der Waals surface area contributed by atoms with E-state index in [-0.39, 0.29) is 6.61 Å². The zero-order valence-corrected chi connectivity index (χ0v) is 12.5. The van der Waals surface area contributed by atoms with Crippen molar-refractivity contribution in [2.24, 2.45) is 0 Å². The number of rotatable bonds is 5. The number of ether oxygens (including phenoxy) is 1. The van der Waals surface area contributed by atoms with E-state index in [1.165, 1.54) is 0 Å². The summed E-state index contributed by atoms with van der Waals surface area (Å²) in [4.78, 5) is 10.8. The molecule has 114 valence electrons. The van der Waals surface area contributed by atoms with Crippen molar-refractivity contribution in [2.75, 3.05) is 6.61 Å². The Labute approximate surface area is 134 Å². The van der Waals surface area contributed by atoms with Crippen molar-refractivity contribution in [2.45, 2.75) is 0 Å². The van der Waals surface area contributed by atoms with Gasteiger partial charge in [0, 0.05) is 5.56 Å². The molecule has 0 unspecified atom stereocenters. The molecule has 0 saturated heterocycles. The van der Waals surface area contributed by atoms with E-state index >= 15 is 0 Å². The van der Waals surface area contributed by atoms with Crippen LogP contribution in [-0.2, 0) is 4.79 Å². The van der Waals surface area contributed by atoms with Gasteiger partial charge in [-0.1, -0.05) is 72.8 Å². The van der Waals surface area contributed by atoms with Gasteiger partial charge in [0.05, 0.1) is 0 Å². The number of carbonyl (C=O) groups is 1. The Kier molecular flexibility index (Phi) is 4.39. The van der Waals surface area contributed by atoms with E-state index in [1.54, 1.807) is 6.07 Å². The Morgan fingerprint density at radius 2 is 1.30 bits per heavy atom. The summed E-state index contributed by atoms with van der Waals surface area (Å²) in [7, 11) is 0. The average molecular weight is 304 g/mol. The van der Waals surface area contributed by atoms with E-state index < -0.39 is 5.97 Å². The summed E-state index contributed by atoms with van der Waals surface area (Å²) in [5.41, 5.74) is 4.09. The number of para-hydroxylation sites is 1. The Morgan fingerprint density at radius 3 is 2.00 bits per heavy atom. The summed E-state index contributed by atoms with van der Waals surface area (Å²) in [5.74, 6) is -0.422. The molecule has 0 amide bonds. The lowest BCUT2D eigenvalue weighted by Gasteiger charge is -2.14. The first-order valence-electron chi connectivity index (χ1n) is 7.34. The van der Waals surface area contributed by atoms with Gasteiger partial charge in [0.15, 0.2) is 6.61 Å². The number of hydrogen-bond donors (Lipinski definition) is 1. The van der Waals surface area contributed by atoms with E-state index in [0.29, 0.717) is 5.75 Å². The van der Waals surface area contributed by atoms with Gasteiger partial charge in [-0.25, -0.2) is 4.79 Å². The van der Waals surface area contributed by atoms with Crippen molar-refractivity contribution in [3.05, 3.63) is 78.9 Å². The minimum Gasteiger partial charge on any atom is -0.481 e. The molecular formula is C20H16O3. The van der Waals surface area contributed by atoms with E-state index in [9.17, 15) is 4.79 Å². The van der Waals surface area contributed by atoms with E-state index in [4.69, 9.17) is 9.84 Å². The zero-order chi connectivity index (χ0) is 16.1. The molecule has 0 spiro atoms. The standard InChI is InChI=1S/C20H16O3/c21-20(22)14-23-19-13-7-6-12-18(19)17-11-5-4-10-16(17)15-8-2-1-3-9-15/h1-13H,14H2,(H,21,22). The van der Waals surface area contributed by atoms with Crippen molar-refractivity contribution >= 4 is 5.97 Å². The lowest BCUT2D eigenvalue weighted by molar-refractivity contribution is -0.139. The molecule has 0 bridgehead atoms. The van der Waals surface area contributed by atoms with Gasteiger partial charge in [0.1, 0.15) is 5.75 Å². The molecule has 0 aliphatic heterocycles. The quantitative estimate of drug-likeness (QED) is 0.755. The Morgan fingerprint density at radius 1 is 0.739 bits per heavy atom. The van der Waals surface area contributed by atoms with Crippen LogP contribution in [0.1, 0.15) is 0 Å². The Hall–Kier alpha value is -3.07. The van der Waals surface area contributed by atoms with Gasteiger partial charge in [-0.05, 0) is 22.8 Å². The maximum Gasteiger partial charge on any atom is 0.341 e. The number of carboxylic acids is 1. The molecule has 0 atom stereocenters. The topological polar surface area (TPSA) is 46.5 Å². The highest BCUT2D eigenvalue weighted by molar-refractivity contribution is 5.86. The summed E-state index contributed by atoms with van der Waals surface area (Å²) in [6.07, 6.45) is 0. The van der Waals surface area contributed by atoms with Crippen LogP contribution in [0.4, 0.5) is 0 Å². The fraction of sp³-hybridized carbons (Fsp3) is 0.0500. The van der Waals surface area contributed by atoms with Gasteiger partial charge in [-0.3, -0.25) is 0 Å². The fourth-order valence-electron chi connectivity index (χ4n) is 2.54. The molecule has 3 nitrogen and oxygen atoms in total. The molecular weight excluding hydrogens is 288 g/mol. The molecule has 3 aromatic rings. The van der Waals surface area contributed by atoms with E-state index in [0.717, 1.165) is 22.3 Å². The third-order valence-electron chi connectivity index (χ3n) is 3.54. The van der Waals surface area contributed by atoms with Crippen LogP contribution in [-0.4, -0.2) is 17.7 Å². The smallest absolute Gasteiger partial charge is 0.341 e. The third kappa shape index (κ3) is 3.40. The van der Waals surface area contributed by atoms with E-state index in [2.05, 4.69) is 18.2 Å². The molecule has 3 rings (SSSR count). The van der Waals surface area contributed by atoms with Crippen LogP contribution in [0, 0.1) is 0 Å². The van der Waals surface area contributed by atoms with Crippen molar-refractivity contribution in [1.82, 2.24) is 0 Å². The first kappa shape index (κ1) is 14.9. The van der Waals surface area contributed by atoms with Crippen molar-refractivity contribution in [3.8, 4) is 28.0 Å². The summed E-state index contributed by atoms with van der Waals surface area (Å²) >= 11 is 0. The van der Waals surface area contributed by atoms with Crippen LogP contribution < -0.4 is 4.74 Å². The molecule has 3 aromatic carbocycles. The monoisotopic (exact) mass is 304 g/mol. The highest BCUT2D eigenvalue weighted by Gasteiger charge is 2.12. The predicted octanol–water partition coefficient (Wildman–Crippen LogP) is 4.48. The van der Waals surface area contributed by atoms with Gasteiger partial charge in [-0.2, -0.15) is 0 Å². The molecule has 23 heavy (non-hydrogen) atoms. The summed E-state index contributed by atoms with van der Waals surface area (Å²) in [6.45, 7) is -0.357. The van der Waals surface area contributed by atoms with Crippen LogP contribution in [0.3, 0.4) is 0 Å². The first-order valence-corrected chi connectivity index (χ1v) is 7.34. The van der Waals surface area contributed by atoms with Crippen molar-refractivity contribution in [1.29, 1.82) is 0 Å². The second-order valence-corrected chi connectivity index (χ2v) is 5.09. The molecule has 0 saturated carbocycles. The molecule has 1 N–H and O–H groups in total. The minimum atomic E-state index is -0.990. The van der Waals surface area contributed by atoms with Crippen LogP contribution in [0.2, 0.25) is 0 Å². The maximum absolute atomic E-state index is 10.8. The number of hydrogen-bond acceptors (Lipinski definition) is 2. The summed E-state index contributed by atoms with van der Waals surface area (Å²) in [5, 5.41) is 8.84. The highest BCUT2D eigenvalue weighted by atomic mass is 16.5. The van der Waals surface area contributed by atoms with Gasteiger partial charge in [0.2, 0.25) is 0 Å². The molecule has 0 heterocycles. The summed E-state index contributed by atoms with van der Waals surface area (Å²) < 4.78 is 5.44. The average Bonchev–Trinajstić information content (AvgIpc) is 2.61. The van der Waals surface area contributed by atoms with Crippen LogP contribution in [0.5, 0.6) is 5.75 Å². The van der Waals surface area contributed by atoms with Crippen molar-refractivity contribution in [3.63, 3.8) is 0 Å². The molecule has 0 aromatic heterocycles. The largest absolute Gasteiger partial charge is 0.481 e. The molecule has 0 aliphatic rings. The highest BCUT2D eigenvalue weighted by Crippen LogP contribution is 2.36. The van der Waals surface area contributed by atoms with Gasteiger partial charge < -0.3 is 9.84 Å². The molecule has 0 radical (unpaired) electrons. The summed E-state index contributed by atoms with van der Waals surface area (Å²) in [6, 6.07) is 25.6. The normalized spacial score (nSPS) is 10.3. The zero-order valence-electron chi connectivity index (χ0n) is 12.5. The fourth-order valence-corrected chi connectivity index (χ4v) is 2.54.